The van der Waals surface area contributed by atoms with Crippen molar-refractivity contribution < 1.29 is 4.79 Å². The van der Waals surface area contributed by atoms with E-state index in [0.717, 1.165) is 19.0 Å². The summed E-state index contributed by atoms with van der Waals surface area (Å²) < 4.78 is 0. The summed E-state index contributed by atoms with van der Waals surface area (Å²) in [5.74, 6) is -0.399. The molecular weight excluding hydrogens is 214 g/mol. The van der Waals surface area contributed by atoms with Crippen LogP contribution in [-0.2, 0) is 4.79 Å². The summed E-state index contributed by atoms with van der Waals surface area (Å²) in [7, 11) is 0. The van der Waals surface area contributed by atoms with Gasteiger partial charge in [0.1, 0.15) is 0 Å². The molecule has 4 N–H and O–H groups in total. The number of hydrogen-bond donors (Lipinski definition) is 2. The smallest absolute Gasteiger partial charge is 0.237 e. The molecule has 0 bridgehead atoms. The first-order chi connectivity index (χ1) is 7.97. The van der Waals surface area contributed by atoms with Crippen LogP contribution in [0.1, 0.15) is 52.4 Å². The van der Waals surface area contributed by atoms with Gasteiger partial charge in [-0.25, -0.2) is 0 Å². The van der Waals surface area contributed by atoms with Crippen molar-refractivity contribution in [3.05, 3.63) is 0 Å². The number of amides is 1. The number of hydrogen-bond acceptors (Lipinski definition) is 3. The number of unbranched alkanes of at least 4 members (excludes halogenated alkanes) is 1. The largest absolute Gasteiger partial charge is 0.368 e. The maximum atomic E-state index is 11.1. The Hall–Kier alpha value is -0.610. The Morgan fingerprint density at radius 1 is 1.35 bits per heavy atom. The first-order valence-corrected chi connectivity index (χ1v) is 6.80. The van der Waals surface area contributed by atoms with E-state index in [2.05, 4.69) is 11.8 Å². The lowest BCUT2D eigenvalue weighted by atomic mass is 9.96. The molecule has 17 heavy (non-hydrogen) atoms. The van der Waals surface area contributed by atoms with E-state index in [4.69, 9.17) is 11.5 Å². The molecule has 0 heterocycles. The molecule has 0 spiro atoms. The molecule has 1 aliphatic carbocycles. The lowest BCUT2D eigenvalue weighted by Gasteiger charge is -2.25. The van der Waals surface area contributed by atoms with Crippen molar-refractivity contribution in [1.29, 1.82) is 0 Å². The van der Waals surface area contributed by atoms with E-state index >= 15 is 0 Å². The Morgan fingerprint density at radius 3 is 2.41 bits per heavy atom. The number of carbonyl (C=O) groups excluding carboxylic acids is 1. The zero-order valence-corrected chi connectivity index (χ0v) is 11.2. The molecule has 0 aliphatic heterocycles. The zero-order valence-electron chi connectivity index (χ0n) is 11.2. The quantitative estimate of drug-likeness (QED) is 0.638. The fourth-order valence-electron chi connectivity index (χ4n) is 2.05. The summed E-state index contributed by atoms with van der Waals surface area (Å²) >= 11 is 0. The van der Waals surface area contributed by atoms with E-state index in [9.17, 15) is 4.79 Å². The van der Waals surface area contributed by atoms with Crippen LogP contribution in [0.3, 0.4) is 0 Å². The summed E-state index contributed by atoms with van der Waals surface area (Å²) in [6.45, 7) is 6.17. The minimum atomic E-state index is -0.847. The van der Waals surface area contributed by atoms with Crippen LogP contribution in [0.2, 0.25) is 0 Å². The minimum absolute atomic E-state index is 0.399. The van der Waals surface area contributed by atoms with Gasteiger partial charge in [0.05, 0.1) is 5.54 Å². The summed E-state index contributed by atoms with van der Waals surface area (Å²) in [4.78, 5) is 13.6. The van der Waals surface area contributed by atoms with Crippen LogP contribution in [0.4, 0.5) is 0 Å². The van der Waals surface area contributed by atoms with Gasteiger partial charge in [0, 0.05) is 6.04 Å². The number of nitrogens with two attached hydrogens (primary N) is 2. The van der Waals surface area contributed by atoms with Gasteiger partial charge in [0.2, 0.25) is 5.91 Å². The SMILES string of the molecule is CCCCN(CCCC(C)(N)C(N)=O)C1CC1. The Balaban J connectivity index is 2.24. The Kier molecular flexibility index (Phi) is 5.40. The fraction of sp³-hybridized carbons (Fsp3) is 0.923. The highest BCUT2D eigenvalue weighted by Gasteiger charge is 2.29. The lowest BCUT2D eigenvalue weighted by Crippen LogP contribution is -2.49. The number of carbonyl (C=O) groups is 1. The summed E-state index contributed by atoms with van der Waals surface area (Å²) in [6.07, 6.45) is 6.79. The van der Waals surface area contributed by atoms with Crippen LogP contribution in [0.25, 0.3) is 0 Å². The third-order valence-corrected chi connectivity index (χ3v) is 3.57. The van der Waals surface area contributed by atoms with Gasteiger partial charge in [-0.3, -0.25) is 4.79 Å². The average Bonchev–Trinajstić information content (AvgIpc) is 3.06. The molecule has 1 aliphatic rings. The molecule has 1 rings (SSSR count). The average molecular weight is 241 g/mol. The van der Waals surface area contributed by atoms with Gasteiger partial charge in [-0.2, -0.15) is 0 Å². The van der Waals surface area contributed by atoms with Crippen LogP contribution in [-0.4, -0.2) is 35.5 Å². The van der Waals surface area contributed by atoms with Crippen molar-refractivity contribution in [1.82, 2.24) is 4.90 Å². The van der Waals surface area contributed by atoms with E-state index in [1.807, 2.05) is 0 Å². The van der Waals surface area contributed by atoms with Crippen LogP contribution >= 0.6 is 0 Å². The molecule has 1 fully saturated rings. The molecule has 0 aromatic heterocycles. The van der Waals surface area contributed by atoms with Gasteiger partial charge < -0.3 is 16.4 Å². The molecular formula is C13H27N3O. The second-order valence-electron chi connectivity index (χ2n) is 5.51. The zero-order chi connectivity index (χ0) is 12.9. The highest BCUT2D eigenvalue weighted by molar-refractivity contribution is 5.83. The van der Waals surface area contributed by atoms with Crippen molar-refractivity contribution in [3.8, 4) is 0 Å². The topological polar surface area (TPSA) is 72.3 Å². The highest BCUT2D eigenvalue weighted by atomic mass is 16.1. The van der Waals surface area contributed by atoms with Gasteiger partial charge in [0.15, 0.2) is 0 Å². The molecule has 4 nitrogen and oxygen atoms in total. The maximum absolute atomic E-state index is 11.1. The molecule has 0 aromatic carbocycles. The van der Waals surface area contributed by atoms with Crippen molar-refractivity contribution in [2.75, 3.05) is 13.1 Å². The maximum Gasteiger partial charge on any atom is 0.237 e. The predicted octanol–water partition coefficient (Wildman–Crippen LogP) is 1.23. The monoisotopic (exact) mass is 241 g/mol. The van der Waals surface area contributed by atoms with E-state index < -0.39 is 11.4 Å². The first kappa shape index (κ1) is 14.5. The Labute approximate surface area is 105 Å². The Bertz CT molecular complexity index is 249. The molecule has 1 amide bonds. The fourth-order valence-corrected chi connectivity index (χ4v) is 2.05. The highest BCUT2D eigenvalue weighted by Crippen LogP contribution is 2.27. The van der Waals surface area contributed by atoms with Crippen molar-refractivity contribution in [2.45, 2.75) is 64.0 Å². The predicted molar refractivity (Wildman–Crippen MR) is 70.5 cm³/mol. The van der Waals surface area contributed by atoms with Crippen LogP contribution < -0.4 is 11.5 Å². The van der Waals surface area contributed by atoms with Crippen LogP contribution in [0.5, 0.6) is 0 Å². The summed E-state index contributed by atoms with van der Waals surface area (Å²) in [5, 5.41) is 0. The molecule has 100 valence electrons. The van der Waals surface area contributed by atoms with Gasteiger partial charge in [-0.15, -0.1) is 0 Å². The van der Waals surface area contributed by atoms with Gasteiger partial charge in [0.25, 0.3) is 0 Å². The lowest BCUT2D eigenvalue weighted by molar-refractivity contribution is -0.122. The summed E-state index contributed by atoms with van der Waals surface area (Å²) in [5.41, 5.74) is 10.3. The van der Waals surface area contributed by atoms with Crippen LogP contribution in [0, 0.1) is 0 Å². The number of primary amides is 1. The van der Waals surface area contributed by atoms with Gasteiger partial charge >= 0.3 is 0 Å². The second kappa shape index (κ2) is 6.36. The van der Waals surface area contributed by atoms with Crippen LogP contribution in [0.15, 0.2) is 0 Å². The molecule has 0 aromatic rings. The minimum Gasteiger partial charge on any atom is -0.368 e. The van der Waals surface area contributed by atoms with E-state index in [0.29, 0.717) is 6.42 Å². The van der Waals surface area contributed by atoms with E-state index in [-0.39, 0.29) is 0 Å². The molecule has 0 saturated heterocycles. The van der Waals surface area contributed by atoms with Gasteiger partial charge in [-0.05, 0) is 52.1 Å². The Morgan fingerprint density at radius 2 is 1.94 bits per heavy atom. The number of nitrogens with zero attached hydrogens (tertiary/aromatic N) is 1. The van der Waals surface area contributed by atoms with Gasteiger partial charge in [-0.1, -0.05) is 13.3 Å². The third kappa shape index (κ3) is 5.04. The third-order valence-electron chi connectivity index (χ3n) is 3.57. The van der Waals surface area contributed by atoms with E-state index in [1.54, 1.807) is 6.92 Å². The molecule has 0 radical (unpaired) electrons. The normalized spacial score (nSPS) is 19.3. The molecule has 1 unspecified atom stereocenters. The molecule has 1 saturated carbocycles. The second-order valence-corrected chi connectivity index (χ2v) is 5.51. The van der Waals surface area contributed by atoms with Crippen molar-refractivity contribution in [3.63, 3.8) is 0 Å². The first-order valence-electron chi connectivity index (χ1n) is 6.80. The standard InChI is InChI=1S/C13H27N3O/c1-3-4-9-16(11-6-7-11)10-5-8-13(2,15)12(14)17/h11H,3-10,15H2,1-2H3,(H2,14,17). The number of rotatable bonds is 9. The molecule has 4 heteroatoms. The van der Waals surface area contributed by atoms with Crippen molar-refractivity contribution >= 4 is 5.91 Å². The van der Waals surface area contributed by atoms with Crippen molar-refractivity contribution in [2.24, 2.45) is 11.5 Å². The molecule has 1 atom stereocenters. The summed E-state index contributed by atoms with van der Waals surface area (Å²) in [6, 6.07) is 0.791. The van der Waals surface area contributed by atoms with E-state index in [1.165, 1.54) is 32.2 Å².